The lowest BCUT2D eigenvalue weighted by Gasteiger charge is -2.11. The molecule has 0 bridgehead atoms. The van der Waals surface area contributed by atoms with Gasteiger partial charge in [0.25, 0.3) is 5.91 Å². The Morgan fingerprint density at radius 3 is 2.19 bits per heavy atom. The Bertz CT molecular complexity index is 1040. The maximum absolute atomic E-state index is 12.7. The molecule has 0 aliphatic rings. The first-order valence-electron chi connectivity index (χ1n) is 8.14. The third-order valence-corrected chi connectivity index (χ3v) is 5.53. The molecule has 7 heteroatoms. The van der Waals surface area contributed by atoms with Crippen LogP contribution in [0.1, 0.15) is 0 Å². The molecule has 0 atom stereocenters. The number of nitrogen functional groups attached to an aromatic ring is 1. The maximum atomic E-state index is 12.7. The molecule has 0 aliphatic carbocycles. The van der Waals surface area contributed by atoms with Crippen molar-refractivity contribution in [3.8, 4) is 5.75 Å². The van der Waals surface area contributed by atoms with Gasteiger partial charge in [-0.15, -0.1) is 0 Å². The SMILES string of the molecule is Nc1ccc(S(=O)(=O)c2ccccc2)cc1OCC(=O)Nc1ccccc1. The lowest BCUT2D eigenvalue weighted by atomic mass is 10.3. The topological polar surface area (TPSA) is 98.5 Å². The van der Waals surface area contributed by atoms with Crippen LogP contribution in [0.3, 0.4) is 0 Å². The molecule has 3 N–H and O–H groups in total. The smallest absolute Gasteiger partial charge is 0.262 e. The summed E-state index contributed by atoms with van der Waals surface area (Å²) in [7, 11) is -3.70. The Hall–Kier alpha value is -3.32. The van der Waals surface area contributed by atoms with E-state index in [0.717, 1.165) is 0 Å². The van der Waals surface area contributed by atoms with Crippen LogP contribution in [0, 0.1) is 0 Å². The fourth-order valence-electron chi connectivity index (χ4n) is 2.40. The monoisotopic (exact) mass is 382 g/mol. The van der Waals surface area contributed by atoms with Gasteiger partial charge in [0.2, 0.25) is 9.84 Å². The molecule has 3 aromatic rings. The first-order chi connectivity index (χ1) is 13.0. The lowest BCUT2D eigenvalue weighted by molar-refractivity contribution is -0.118. The number of ether oxygens (including phenoxy) is 1. The van der Waals surface area contributed by atoms with E-state index >= 15 is 0 Å². The van der Waals surface area contributed by atoms with Crippen molar-refractivity contribution in [2.45, 2.75) is 9.79 Å². The summed E-state index contributed by atoms with van der Waals surface area (Å²) in [5, 5.41) is 2.68. The summed E-state index contributed by atoms with van der Waals surface area (Å²) in [4.78, 5) is 12.2. The number of para-hydroxylation sites is 1. The second-order valence-corrected chi connectivity index (χ2v) is 7.67. The van der Waals surface area contributed by atoms with Crippen LogP contribution in [-0.2, 0) is 14.6 Å². The van der Waals surface area contributed by atoms with Gasteiger partial charge in [-0.05, 0) is 36.4 Å². The first-order valence-corrected chi connectivity index (χ1v) is 9.62. The van der Waals surface area contributed by atoms with Gasteiger partial charge in [0.1, 0.15) is 5.75 Å². The molecule has 0 saturated carbocycles. The molecule has 3 aromatic carbocycles. The molecule has 0 heterocycles. The molecule has 0 aromatic heterocycles. The van der Waals surface area contributed by atoms with Gasteiger partial charge in [0.05, 0.1) is 15.5 Å². The van der Waals surface area contributed by atoms with Crippen molar-refractivity contribution in [3.05, 3.63) is 78.9 Å². The number of anilines is 2. The van der Waals surface area contributed by atoms with E-state index in [1.807, 2.05) is 6.07 Å². The highest BCUT2D eigenvalue weighted by atomic mass is 32.2. The molecule has 138 valence electrons. The summed E-state index contributed by atoms with van der Waals surface area (Å²) in [6.07, 6.45) is 0. The molecule has 3 rings (SSSR count). The van der Waals surface area contributed by atoms with Crippen LogP contribution in [0.5, 0.6) is 5.75 Å². The summed E-state index contributed by atoms with van der Waals surface area (Å²) in [5.74, 6) is -0.243. The number of benzene rings is 3. The number of carbonyl (C=O) groups excluding carboxylic acids is 1. The summed E-state index contributed by atoms with van der Waals surface area (Å²) >= 11 is 0. The van der Waals surface area contributed by atoms with Gasteiger partial charge in [0.15, 0.2) is 6.61 Å². The molecule has 0 saturated heterocycles. The average molecular weight is 382 g/mol. The minimum atomic E-state index is -3.70. The van der Waals surface area contributed by atoms with Gasteiger partial charge in [-0.3, -0.25) is 4.79 Å². The van der Waals surface area contributed by atoms with Crippen molar-refractivity contribution >= 4 is 27.1 Å². The van der Waals surface area contributed by atoms with E-state index in [1.54, 1.807) is 42.5 Å². The van der Waals surface area contributed by atoms with E-state index in [4.69, 9.17) is 10.5 Å². The largest absolute Gasteiger partial charge is 0.482 e. The van der Waals surface area contributed by atoms with E-state index in [9.17, 15) is 13.2 Å². The molecule has 0 aliphatic heterocycles. The minimum absolute atomic E-state index is 0.0429. The zero-order valence-electron chi connectivity index (χ0n) is 14.3. The number of nitrogens with one attached hydrogen (secondary N) is 1. The molecule has 1 amide bonds. The number of rotatable bonds is 6. The van der Waals surface area contributed by atoms with Gasteiger partial charge < -0.3 is 15.8 Å². The standard InChI is InChI=1S/C20H18N2O4S/c21-18-12-11-17(27(24,25)16-9-5-2-6-10-16)13-19(18)26-14-20(23)22-15-7-3-1-4-8-15/h1-13H,14,21H2,(H,22,23). The Kier molecular flexibility index (Phi) is 5.42. The number of carbonyl (C=O) groups is 1. The normalized spacial score (nSPS) is 11.0. The van der Waals surface area contributed by atoms with Gasteiger partial charge in [-0.25, -0.2) is 8.42 Å². The fourth-order valence-corrected chi connectivity index (χ4v) is 3.70. The van der Waals surface area contributed by atoms with E-state index in [1.165, 1.54) is 30.3 Å². The molecule has 0 unspecified atom stereocenters. The first kappa shape index (κ1) is 18.5. The van der Waals surface area contributed by atoms with E-state index in [2.05, 4.69) is 5.32 Å². The van der Waals surface area contributed by atoms with E-state index in [0.29, 0.717) is 5.69 Å². The molecule has 6 nitrogen and oxygen atoms in total. The van der Waals surface area contributed by atoms with Crippen molar-refractivity contribution in [1.82, 2.24) is 0 Å². The molecule has 27 heavy (non-hydrogen) atoms. The van der Waals surface area contributed by atoms with Crippen molar-refractivity contribution in [2.75, 3.05) is 17.7 Å². The van der Waals surface area contributed by atoms with Crippen molar-refractivity contribution < 1.29 is 17.9 Å². The van der Waals surface area contributed by atoms with Crippen LogP contribution < -0.4 is 15.8 Å². The van der Waals surface area contributed by atoms with E-state index in [-0.39, 0.29) is 33.7 Å². The predicted molar refractivity (Wildman–Crippen MR) is 103 cm³/mol. The number of hydrogen-bond acceptors (Lipinski definition) is 5. The van der Waals surface area contributed by atoms with Crippen molar-refractivity contribution in [1.29, 1.82) is 0 Å². The number of hydrogen-bond donors (Lipinski definition) is 2. The highest BCUT2D eigenvalue weighted by Crippen LogP contribution is 2.28. The summed E-state index contributed by atoms with van der Waals surface area (Å²) in [6.45, 7) is -0.298. The number of sulfone groups is 1. The highest BCUT2D eigenvalue weighted by molar-refractivity contribution is 7.91. The van der Waals surface area contributed by atoms with Crippen LogP contribution >= 0.6 is 0 Å². The second-order valence-electron chi connectivity index (χ2n) is 5.72. The molecule has 0 fully saturated rings. The zero-order chi connectivity index (χ0) is 19.3. The summed E-state index contributed by atoms with van der Waals surface area (Å²) < 4.78 is 30.8. The van der Waals surface area contributed by atoms with Gasteiger partial charge in [-0.2, -0.15) is 0 Å². The number of amides is 1. The third-order valence-electron chi connectivity index (χ3n) is 3.77. The average Bonchev–Trinajstić information content (AvgIpc) is 2.68. The van der Waals surface area contributed by atoms with Crippen LogP contribution in [0.15, 0.2) is 88.7 Å². The van der Waals surface area contributed by atoms with E-state index < -0.39 is 9.84 Å². The third kappa shape index (κ3) is 4.45. The molecule has 0 spiro atoms. The predicted octanol–water partition coefficient (Wildman–Crippen LogP) is 3.12. The second kappa shape index (κ2) is 7.92. The van der Waals surface area contributed by atoms with Gasteiger partial charge in [-0.1, -0.05) is 36.4 Å². The maximum Gasteiger partial charge on any atom is 0.262 e. The van der Waals surface area contributed by atoms with Crippen LogP contribution in [-0.4, -0.2) is 20.9 Å². The summed E-state index contributed by atoms with van der Waals surface area (Å²) in [5.41, 5.74) is 6.74. The summed E-state index contributed by atoms with van der Waals surface area (Å²) in [6, 6.07) is 21.2. The van der Waals surface area contributed by atoms with Crippen LogP contribution in [0.25, 0.3) is 0 Å². The Morgan fingerprint density at radius 1 is 0.889 bits per heavy atom. The lowest BCUT2D eigenvalue weighted by Crippen LogP contribution is -2.20. The van der Waals surface area contributed by atoms with Crippen LogP contribution in [0.4, 0.5) is 11.4 Å². The molecule has 0 radical (unpaired) electrons. The Balaban J connectivity index is 1.75. The van der Waals surface area contributed by atoms with Gasteiger partial charge >= 0.3 is 0 Å². The molecular formula is C20H18N2O4S. The highest BCUT2D eigenvalue weighted by Gasteiger charge is 2.19. The fraction of sp³-hybridized carbons (Fsp3) is 0.0500. The number of nitrogens with two attached hydrogens (primary N) is 1. The van der Waals surface area contributed by atoms with Crippen LogP contribution in [0.2, 0.25) is 0 Å². The quantitative estimate of drug-likeness (QED) is 0.638. The van der Waals surface area contributed by atoms with Crippen molar-refractivity contribution in [2.24, 2.45) is 0 Å². The Labute approximate surface area is 157 Å². The Morgan fingerprint density at radius 2 is 1.52 bits per heavy atom. The molecular weight excluding hydrogens is 364 g/mol. The van der Waals surface area contributed by atoms with Gasteiger partial charge in [0, 0.05) is 11.8 Å². The van der Waals surface area contributed by atoms with Crippen molar-refractivity contribution in [3.63, 3.8) is 0 Å². The minimum Gasteiger partial charge on any atom is -0.482 e. The zero-order valence-corrected chi connectivity index (χ0v) is 15.1.